The Kier molecular flexibility index (Phi) is 5.12. The van der Waals surface area contributed by atoms with Crippen molar-refractivity contribution in [2.45, 2.75) is 26.2 Å². The molecule has 2 heterocycles. The van der Waals surface area contributed by atoms with Gasteiger partial charge in [-0.3, -0.25) is 4.90 Å². The van der Waals surface area contributed by atoms with Gasteiger partial charge in [-0.25, -0.2) is 4.98 Å². The predicted octanol–water partition coefficient (Wildman–Crippen LogP) is 2.18. The van der Waals surface area contributed by atoms with Crippen molar-refractivity contribution in [2.75, 3.05) is 44.7 Å². The van der Waals surface area contributed by atoms with Gasteiger partial charge in [-0.05, 0) is 0 Å². The van der Waals surface area contributed by atoms with E-state index in [0.29, 0.717) is 4.64 Å². The van der Waals surface area contributed by atoms with Crippen LogP contribution in [0, 0.1) is 4.64 Å². The van der Waals surface area contributed by atoms with E-state index in [9.17, 15) is 0 Å². The minimum Gasteiger partial charge on any atom is -0.379 e. The van der Waals surface area contributed by atoms with Crippen LogP contribution in [-0.2, 0) is 10.2 Å². The molecule has 112 valence electrons. The van der Waals surface area contributed by atoms with E-state index >= 15 is 0 Å². The summed E-state index contributed by atoms with van der Waals surface area (Å²) in [7, 11) is 0. The van der Waals surface area contributed by atoms with Crippen molar-refractivity contribution in [1.82, 2.24) is 14.9 Å². The molecule has 0 aliphatic carbocycles. The first-order chi connectivity index (χ1) is 9.45. The molecule has 0 spiro atoms. The average molecular weight is 296 g/mol. The third-order valence-electron chi connectivity index (χ3n) is 3.30. The number of ether oxygens (including phenoxy) is 1. The van der Waals surface area contributed by atoms with E-state index < -0.39 is 0 Å². The van der Waals surface area contributed by atoms with Gasteiger partial charge in [0.1, 0.15) is 16.3 Å². The first-order valence-electron chi connectivity index (χ1n) is 7.11. The molecule has 5 nitrogen and oxygen atoms in total. The van der Waals surface area contributed by atoms with Gasteiger partial charge in [0.15, 0.2) is 0 Å². The second-order valence-electron chi connectivity index (χ2n) is 6.11. The average Bonchev–Trinajstić information content (AvgIpc) is 2.38. The highest BCUT2D eigenvalue weighted by atomic mass is 32.1. The number of nitrogens with one attached hydrogen (secondary N) is 2. The molecule has 0 unspecified atom stereocenters. The van der Waals surface area contributed by atoms with Gasteiger partial charge in [-0.2, -0.15) is 0 Å². The van der Waals surface area contributed by atoms with Crippen molar-refractivity contribution in [3.8, 4) is 0 Å². The number of aromatic nitrogens is 2. The first-order valence-corrected chi connectivity index (χ1v) is 7.52. The van der Waals surface area contributed by atoms with Gasteiger partial charge in [-0.15, -0.1) is 0 Å². The van der Waals surface area contributed by atoms with Crippen LogP contribution in [0.3, 0.4) is 0 Å². The summed E-state index contributed by atoms with van der Waals surface area (Å²) in [6.45, 7) is 12.0. The SMILES string of the molecule is CC(C)(C)c1nc(=S)cc(NCCN2CCOCC2)[nH]1. The minimum atomic E-state index is -0.0323. The summed E-state index contributed by atoms with van der Waals surface area (Å²) in [5, 5.41) is 3.40. The van der Waals surface area contributed by atoms with Crippen LogP contribution < -0.4 is 5.32 Å². The number of morpholine rings is 1. The molecule has 0 radical (unpaired) electrons. The topological polar surface area (TPSA) is 53.2 Å². The molecule has 1 aromatic heterocycles. The Morgan fingerprint density at radius 1 is 1.40 bits per heavy atom. The lowest BCUT2D eigenvalue weighted by molar-refractivity contribution is 0.0398. The fourth-order valence-electron chi connectivity index (χ4n) is 2.08. The summed E-state index contributed by atoms with van der Waals surface area (Å²) in [4.78, 5) is 10.1. The molecule has 20 heavy (non-hydrogen) atoms. The van der Waals surface area contributed by atoms with Crippen LogP contribution >= 0.6 is 12.2 Å². The normalized spacial score (nSPS) is 17.1. The fourth-order valence-corrected chi connectivity index (χ4v) is 2.29. The number of hydrogen-bond donors (Lipinski definition) is 2. The standard InChI is InChI=1S/C14H24N4OS/c1-14(2,3)13-16-11(10-12(20)17-13)15-4-5-18-6-8-19-9-7-18/h10H,4-9H2,1-3H3,(H2,15,16,17,20). The molecule has 1 aromatic rings. The molecule has 2 rings (SSSR count). The van der Waals surface area contributed by atoms with Crippen molar-refractivity contribution in [1.29, 1.82) is 0 Å². The summed E-state index contributed by atoms with van der Waals surface area (Å²) in [5.41, 5.74) is -0.0323. The van der Waals surface area contributed by atoms with E-state index in [-0.39, 0.29) is 5.41 Å². The Morgan fingerprint density at radius 3 is 2.75 bits per heavy atom. The minimum absolute atomic E-state index is 0.0323. The van der Waals surface area contributed by atoms with E-state index in [4.69, 9.17) is 17.0 Å². The summed E-state index contributed by atoms with van der Waals surface area (Å²) in [6.07, 6.45) is 0. The molecule has 0 aromatic carbocycles. The number of anilines is 1. The van der Waals surface area contributed by atoms with Gasteiger partial charge in [0.25, 0.3) is 0 Å². The van der Waals surface area contributed by atoms with Crippen LogP contribution in [0.15, 0.2) is 6.07 Å². The maximum atomic E-state index is 5.34. The number of hydrogen-bond acceptors (Lipinski definition) is 5. The highest BCUT2D eigenvalue weighted by molar-refractivity contribution is 7.71. The molecule has 1 aliphatic rings. The van der Waals surface area contributed by atoms with Crippen LogP contribution in [-0.4, -0.2) is 54.3 Å². The Bertz CT molecular complexity index is 489. The molecule has 0 bridgehead atoms. The zero-order valence-electron chi connectivity index (χ0n) is 12.5. The van der Waals surface area contributed by atoms with Gasteiger partial charge in [0.05, 0.1) is 13.2 Å². The van der Waals surface area contributed by atoms with E-state index in [1.807, 2.05) is 6.07 Å². The summed E-state index contributed by atoms with van der Waals surface area (Å²) < 4.78 is 5.97. The fraction of sp³-hybridized carbons (Fsp3) is 0.714. The third-order valence-corrected chi connectivity index (χ3v) is 3.51. The Hall–Kier alpha value is -0.980. The lowest BCUT2D eigenvalue weighted by Gasteiger charge is -2.26. The van der Waals surface area contributed by atoms with Crippen LogP contribution in [0.25, 0.3) is 0 Å². The highest BCUT2D eigenvalue weighted by Gasteiger charge is 2.17. The molecular formula is C14H24N4OS. The Labute approximate surface area is 125 Å². The van der Waals surface area contributed by atoms with E-state index in [0.717, 1.165) is 51.0 Å². The molecule has 0 amide bonds. The van der Waals surface area contributed by atoms with E-state index in [1.165, 1.54) is 0 Å². The highest BCUT2D eigenvalue weighted by Crippen LogP contribution is 2.19. The summed E-state index contributed by atoms with van der Waals surface area (Å²) in [5.74, 6) is 1.86. The zero-order valence-corrected chi connectivity index (χ0v) is 13.3. The van der Waals surface area contributed by atoms with E-state index in [1.54, 1.807) is 0 Å². The number of nitrogens with zero attached hydrogens (tertiary/aromatic N) is 2. The summed E-state index contributed by atoms with van der Waals surface area (Å²) in [6, 6.07) is 1.88. The second kappa shape index (κ2) is 6.65. The van der Waals surface area contributed by atoms with E-state index in [2.05, 4.69) is 41.0 Å². The van der Waals surface area contributed by atoms with Crippen LogP contribution in [0.5, 0.6) is 0 Å². The molecule has 1 saturated heterocycles. The van der Waals surface area contributed by atoms with Crippen molar-refractivity contribution in [3.63, 3.8) is 0 Å². The maximum Gasteiger partial charge on any atom is 0.131 e. The van der Waals surface area contributed by atoms with Crippen molar-refractivity contribution >= 4 is 18.0 Å². The number of aromatic amines is 1. The lowest BCUT2D eigenvalue weighted by Crippen LogP contribution is -2.39. The monoisotopic (exact) mass is 296 g/mol. The van der Waals surface area contributed by atoms with Crippen LogP contribution in [0.1, 0.15) is 26.6 Å². The smallest absolute Gasteiger partial charge is 0.131 e. The third kappa shape index (κ3) is 4.54. The molecule has 6 heteroatoms. The Morgan fingerprint density at radius 2 is 2.10 bits per heavy atom. The summed E-state index contributed by atoms with van der Waals surface area (Å²) >= 11 is 5.23. The van der Waals surface area contributed by atoms with Gasteiger partial charge >= 0.3 is 0 Å². The zero-order chi connectivity index (χ0) is 14.6. The predicted molar refractivity (Wildman–Crippen MR) is 83.9 cm³/mol. The van der Waals surface area contributed by atoms with Gasteiger partial charge in [-0.1, -0.05) is 33.0 Å². The van der Waals surface area contributed by atoms with Crippen molar-refractivity contribution in [3.05, 3.63) is 16.5 Å². The number of H-pyrrole nitrogens is 1. The van der Waals surface area contributed by atoms with Gasteiger partial charge < -0.3 is 15.0 Å². The number of rotatable bonds is 4. The molecular weight excluding hydrogens is 272 g/mol. The lowest BCUT2D eigenvalue weighted by atomic mass is 9.96. The van der Waals surface area contributed by atoms with Gasteiger partial charge in [0, 0.05) is 37.7 Å². The molecule has 0 saturated carbocycles. The quantitative estimate of drug-likeness (QED) is 0.834. The molecule has 2 N–H and O–H groups in total. The van der Waals surface area contributed by atoms with Crippen LogP contribution in [0.4, 0.5) is 5.82 Å². The first kappa shape index (κ1) is 15.4. The van der Waals surface area contributed by atoms with Crippen LogP contribution in [0.2, 0.25) is 0 Å². The Balaban J connectivity index is 1.92. The maximum absolute atomic E-state index is 5.34. The largest absolute Gasteiger partial charge is 0.379 e. The molecule has 1 aliphatic heterocycles. The second-order valence-corrected chi connectivity index (χ2v) is 6.53. The van der Waals surface area contributed by atoms with Crippen molar-refractivity contribution < 1.29 is 4.74 Å². The molecule has 1 fully saturated rings. The molecule has 0 atom stereocenters. The van der Waals surface area contributed by atoms with Crippen molar-refractivity contribution in [2.24, 2.45) is 0 Å². The van der Waals surface area contributed by atoms with Gasteiger partial charge in [0.2, 0.25) is 0 Å².